The summed E-state index contributed by atoms with van der Waals surface area (Å²) in [5.41, 5.74) is 2.57. The summed E-state index contributed by atoms with van der Waals surface area (Å²) in [6.45, 7) is 1.87. The number of pyridine rings is 1. The molecule has 0 fully saturated rings. The Morgan fingerprint density at radius 2 is 1.62 bits per heavy atom. The van der Waals surface area contributed by atoms with Crippen LogP contribution in [0, 0.1) is 6.92 Å². The number of hydrogen-bond donors (Lipinski definition) is 2. The van der Waals surface area contributed by atoms with Gasteiger partial charge in [0.1, 0.15) is 16.4 Å². The van der Waals surface area contributed by atoms with Crippen molar-refractivity contribution in [2.75, 3.05) is 24.3 Å². The molecule has 0 saturated carbocycles. The maximum absolute atomic E-state index is 12.9. The predicted molar refractivity (Wildman–Crippen MR) is 122 cm³/mol. The zero-order valence-electron chi connectivity index (χ0n) is 17.7. The molecule has 4 rings (SSSR count). The first-order valence-corrected chi connectivity index (χ1v) is 11.1. The molecule has 0 bridgehead atoms. The zero-order valence-corrected chi connectivity index (χ0v) is 18.5. The number of aromatic nitrogens is 3. The van der Waals surface area contributed by atoms with Gasteiger partial charge in [-0.05, 0) is 31.2 Å². The number of sulfonamides is 1. The van der Waals surface area contributed by atoms with Gasteiger partial charge in [0.25, 0.3) is 10.0 Å². The smallest absolute Gasteiger partial charge is 0.264 e. The van der Waals surface area contributed by atoms with E-state index in [9.17, 15) is 8.42 Å². The summed E-state index contributed by atoms with van der Waals surface area (Å²) >= 11 is 0. The lowest BCUT2D eigenvalue weighted by atomic mass is 10.1. The van der Waals surface area contributed by atoms with E-state index in [1.807, 2.05) is 13.0 Å². The highest BCUT2D eigenvalue weighted by Gasteiger charge is 2.20. The monoisotopic (exact) mass is 451 g/mol. The molecule has 0 unspecified atom stereocenters. The zero-order chi connectivity index (χ0) is 22.7. The van der Waals surface area contributed by atoms with Crippen molar-refractivity contribution in [3.05, 3.63) is 66.5 Å². The summed E-state index contributed by atoms with van der Waals surface area (Å²) < 4.78 is 39.2. The van der Waals surface area contributed by atoms with E-state index in [1.54, 1.807) is 50.6 Å². The number of nitrogens with one attached hydrogen (secondary N) is 2. The number of ether oxygens (including phenoxy) is 2. The summed E-state index contributed by atoms with van der Waals surface area (Å²) in [6.07, 6.45) is 2.77. The number of anilines is 3. The molecule has 0 aliphatic carbocycles. The second-order valence-corrected chi connectivity index (χ2v) is 8.51. The Bertz CT molecular complexity index is 1380. The number of hydrogen-bond acceptors (Lipinski definition) is 8. The van der Waals surface area contributed by atoms with E-state index in [0.717, 1.165) is 5.56 Å². The Morgan fingerprint density at radius 3 is 2.25 bits per heavy atom. The van der Waals surface area contributed by atoms with Gasteiger partial charge in [-0.2, -0.15) is 0 Å². The summed E-state index contributed by atoms with van der Waals surface area (Å²) in [7, 11) is -0.820. The van der Waals surface area contributed by atoms with Crippen LogP contribution >= 0.6 is 0 Å². The first-order chi connectivity index (χ1) is 15.4. The summed E-state index contributed by atoms with van der Waals surface area (Å²) in [4.78, 5) is 13.0. The SMILES string of the molecule is COc1cc(Nc2nc3ccccc3nc2NS(=O)(=O)c2cccnc2)c(C)c(OC)c1. The number of nitrogens with zero attached hydrogens (tertiary/aromatic N) is 3. The fraction of sp³-hybridized carbons (Fsp3) is 0.136. The topological polar surface area (TPSA) is 115 Å². The maximum Gasteiger partial charge on any atom is 0.264 e. The van der Waals surface area contributed by atoms with Crippen molar-refractivity contribution in [1.29, 1.82) is 0 Å². The van der Waals surface area contributed by atoms with E-state index in [2.05, 4.69) is 25.0 Å². The molecular weight excluding hydrogens is 430 g/mol. The normalized spacial score (nSPS) is 11.2. The van der Waals surface area contributed by atoms with Crippen LogP contribution in [-0.2, 0) is 10.0 Å². The minimum atomic E-state index is -3.94. The molecule has 0 radical (unpaired) electrons. The molecule has 0 spiro atoms. The lowest BCUT2D eigenvalue weighted by Gasteiger charge is -2.17. The number of benzene rings is 2. The van der Waals surface area contributed by atoms with Gasteiger partial charge in [-0.15, -0.1) is 0 Å². The van der Waals surface area contributed by atoms with Crippen molar-refractivity contribution in [2.45, 2.75) is 11.8 Å². The molecule has 32 heavy (non-hydrogen) atoms. The lowest BCUT2D eigenvalue weighted by Crippen LogP contribution is -2.16. The van der Waals surface area contributed by atoms with E-state index in [0.29, 0.717) is 28.2 Å². The van der Waals surface area contributed by atoms with Gasteiger partial charge < -0.3 is 14.8 Å². The molecule has 10 heteroatoms. The minimum Gasteiger partial charge on any atom is -0.497 e. The highest BCUT2D eigenvalue weighted by atomic mass is 32.2. The number of fused-ring (bicyclic) bond motifs is 1. The van der Waals surface area contributed by atoms with Crippen LogP contribution in [0.25, 0.3) is 11.0 Å². The van der Waals surface area contributed by atoms with Crippen LogP contribution in [0.5, 0.6) is 11.5 Å². The van der Waals surface area contributed by atoms with Gasteiger partial charge in [-0.3, -0.25) is 9.71 Å². The lowest BCUT2D eigenvalue weighted by molar-refractivity contribution is 0.393. The van der Waals surface area contributed by atoms with Crippen LogP contribution in [0.15, 0.2) is 65.8 Å². The van der Waals surface area contributed by atoms with Gasteiger partial charge in [0.2, 0.25) is 0 Å². The molecule has 0 saturated heterocycles. The maximum atomic E-state index is 12.9. The van der Waals surface area contributed by atoms with Gasteiger partial charge >= 0.3 is 0 Å². The molecule has 0 amide bonds. The van der Waals surface area contributed by atoms with Gasteiger partial charge in [0.05, 0.1) is 30.9 Å². The van der Waals surface area contributed by atoms with E-state index in [4.69, 9.17) is 9.47 Å². The minimum absolute atomic E-state index is 0.0140. The quantitative estimate of drug-likeness (QED) is 0.435. The van der Waals surface area contributed by atoms with E-state index in [-0.39, 0.29) is 16.5 Å². The Balaban J connectivity index is 1.83. The Kier molecular flexibility index (Phi) is 5.78. The van der Waals surface area contributed by atoms with Crippen LogP contribution < -0.4 is 19.5 Å². The molecule has 0 aliphatic rings. The van der Waals surface area contributed by atoms with Gasteiger partial charge in [-0.1, -0.05) is 12.1 Å². The van der Waals surface area contributed by atoms with Crippen molar-refractivity contribution >= 4 is 38.4 Å². The molecule has 2 aromatic carbocycles. The Labute approximate surface area is 185 Å². The average molecular weight is 452 g/mol. The summed E-state index contributed by atoms with van der Waals surface area (Å²) in [5.74, 6) is 1.46. The van der Waals surface area contributed by atoms with Gasteiger partial charge in [0, 0.05) is 30.1 Å². The highest BCUT2D eigenvalue weighted by Crippen LogP contribution is 2.35. The largest absolute Gasteiger partial charge is 0.497 e. The first kappa shape index (κ1) is 21.3. The third-order valence-electron chi connectivity index (χ3n) is 4.79. The van der Waals surface area contributed by atoms with E-state index in [1.165, 1.54) is 18.5 Å². The van der Waals surface area contributed by atoms with Crippen LogP contribution in [-0.4, -0.2) is 37.6 Å². The van der Waals surface area contributed by atoms with Crippen molar-refractivity contribution in [3.8, 4) is 11.5 Å². The highest BCUT2D eigenvalue weighted by molar-refractivity contribution is 7.92. The van der Waals surface area contributed by atoms with Crippen LogP contribution in [0.2, 0.25) is 0 Å². The molecule has 164 valence electrons. The van der Waals surface area contributed by atoms with E-state index < -0.39 is 10.0 Å². The second-order valence-electron chi connectivity index (χ2n) is 6.83. The standard InChI is InChI=1S/C22H21N5O4S/c1-14-19(11-15(30-2)12-20(14)31-3)26-21-22(25-18-9-5-4-8-17(18)24-21)27-32(28,29)16-7-6-10-23-13-16/h4-13H,1-3H3,(H,24,26)(H,25,27). The molecule has 0 atom stereocenters. The molecule has 2 heterocycles. The number of rotatable bonds is 7. The molecule has 2 N–H and O–H groups in total. The Hall–Kier alpha value is -3.92. The average Bonchev–Trinajstić information content (AvgIpc) is 2.81. The number of methoxy groups -OCH3 is 2. The van der Waals surface area contributed by atoms with Gasteiger partial charge in [0.15, 0.2) is 11.6 Å². The third-order valence-corrected chi connectivity index (χ3v) is 6.11. The number of para-hydroxylation sites is 2. The summed E-state index contributed by atoms with van der Waals surface area (Å²) in [6, 6.07) is 13.7. The fourth-order valence-electron chi connectivity index (χ4n) is 3.10. The summed E-state index contributed by atoms with van der Waals surface area (Å²) in [5, 5.41) is 3.18. The van der Waals surface area contributed by atoms with Gasteiger partial charge in [-0.25, -0.2) is 18.4 Å². The van der Waals surface area contributed by atoms with Crippen molar-refractivity contribution in [3.63, 3.8) is 0 Å². The molecular formula is C22H21N5O4S. The van der Waals surface area contributed by atoms with Crippen molar-refractivity contribution in [2.24, 2.45) is 0 Å². The predicted octanol–water partition coefficient (Wildman–Crippen LogP) is 3.89. The van der Waals surface area contributed by atoms with Crippen LogP contribution in [0.1, 0.15) is 5.56 Å². The third kappa shape index (κ3) is 4.26. The fourth-order valence-corrected chi connectivity index (χ4v) is 4.07. The first-order valence-electron chi connectivity index (χ1n) is 9.60. The van der Waals surface area contributed by atoms with Crippen molar-refractivity contribution in [1.82, 2.24) is 15.0 Å². The Morgan fingerprint density at radius 1 is 0.906 bits per heavy atom. The second kappa shape index (κ2) is 8.67. The van der Waals surface area contributed by atoms with Crippen LogP contribution in [0.4, 0.5) is 17.3 Å². The van der Waals surface area contributed by atoms with Crippen molar-refractivity contribution < 1.29 is 17.9 Å². The molecule has 9 nitrogen and oxygen atoms in total. The molecule has 4 aromatic rings. The molecule has 0 aliphatic heterocycles. The molecule has 2 aromatic heterocycles. The van der Waals surface area contributed by atoms with E-state index >= 15 is 0 Å². The van der Waals surface area contributed by atoms with Crippen LogP contribution in [0.3, 0.4) is 0 Å².